The minimum absolute atomic E-state index is 0.388. The van der Waals surface area contributed by atoms with E-state index in [1.54, 1.807) is 6.07 Å². The number of aromatic amines is 1. The fourth-order valence-corrected chi connectivity index (χ4v) is 2.20. The Balaban J connectivity index is 1.76. The molecule has 0 saturated heterocycles. The Morgan fingerprint density at radius 2 is 1.91 bits per heavy atom. The Morgan fingerprint density at radius 1 is 1.14 bits per heavy atom. The number of nitrogens with one attached hydrogen (secondary N) is 1. The van der Waals surface area contributed by atoms with Gasteiger partial charge in [0.2, 0.25) is 0 Å². The van der Waals surface area contributed by atoms with Crippen molar-refractivity contribution in [2.75, 3.05) is 12.8 Å². The Hall–Kier alpha value is -2.95. The minimum Gasteiger partial charge on any atom is -0.489 e. The monoisotopic (exact) mass is 296 g/mol. The highest BCUT2D eigenvalue weighted by Crippen LogP contribution is 2.22. The number of aromatic nitrogens is 1. The van der Waals surface area contributed by atoms with Crippen molar-refractivity contribution < 1.29 is 14.3 Å². The summed E-state index contributed by atoms with van der Waals surface area (Å²) in [5.74, 6) is 0.336. The molecule has 0 saturated carbocycles. The highest BCUT2D eigenvalue weighted by Gasteiger charge is 2.09. The molecule has 1 aromatic heterocycles. The Labute approximate surface area is 127 Å². The zero-order valence-electron chi connectivity index (χ0n) is 12.1. The quantitative estimate of drug-likeness (QED) is 0.573. The molecule has 0 amide bonds. The largest absolute Gasteiger partial charge is 0.489 e. The van der Waals surface area contributed by atoms with Crippen molar-refractivity contribution >= 4 is 22.6 Å². The van der Waals surface area contributed by atoms with Gasteiger partial charge in [-0.05, 0) is 35.9 Å². The maximum Gasteiger partial charge on any atom is 0.354 e. The smallest absolute Gasteiger partial charge is 0.354 e. The average Bonchev–Trinajstić information content (AvgIpc) is 2.96. The van der Waals surface area contributed by atoms with E-state index in [9.17, 15) is 4.79 Å². The van der Waals surface area contributed by atoms with E-state index >= 15 is 0 Å². The van der Waals surface area contributed by atoms with Crippen LogP contribution in [0.5, 0.6) is 5.75 Å². The second kappa shape index (κ2) is 5.81. The van der Waals surface area contributed by atoms with E-state index in [-0.39, 0.29) is 5.97 Å². The van der Waals surface area contributed by atoms with E-state index in [1.165, 1.54) is 7.11 Å². The molecule has 3 N–H and O–H groups in total. The van der Waals surface area contributed by atoms with Crippen molar-refractivity contribution in [3.8, 4) is 5.75 Å². The van der Waals surface area contributed by atoms with Crippen LogP contribution >= 0.6 is 0 Å². The van der Waals surface area contributed by atoms with Crippen LogP contribution < -0.4 is 10.5 Å². The van der Waals surface area contributed by atoms with Gasteiger partial charge in [0.1, 0.15) is 18.1 Å². The van der Waals surface area contributed by atoms with E-state index in [2.05, 4.69) is 4.98 Å². The highest BCUT2D eigenvalue weighted by molar-refractivity contribution is 5.95. The third-order valence-corrected chi connectivity index (χ3v) is 3.38. The topological polar surface area (TPSA) is 77.3 Å². The molecule has 3 rings (SSSR count). The van der Waals surface area contributed by atoms with Crippen LogP contribution in [0.15, 0.2) is 48.5 Å². The van der Waals surface area contributed by atoms with Gasteiger partial charge in [-0.1, -0.05) is 12.1 Å². The van der Waals surface area contributed by atoms with E-state index in [4.69, 9.17) is 15.2 Å². The molecule has 0 unspecified atom stereocenters. The molecular formula is C17H16N2O3. The van der Waals surface area contributed by atoms with Crippen LogP contribution in [0, 0.1) is 0 Å². The van der Waals surface area contributed by atoms with Gasteiger partial charge < -0.3 is 20.2 Å². The summed E-state index contributed by atoms with van der Waals surface area (Å²) in [6.07, 6.45) is 0. The van der Waals surface area contributed by atoms with Crippen LogP contribution in [-0.2, 0) is 11.3 Å². The third kappa shape index (κ3) is 2.88. The van der Waals surface area contributed by atoms with Gasteiger partial charge in [-0.3, -0.25) is 0 Å². The number of rotatable bonds is 4. The van der Waals surface area contributed by atoms with E-state index in [0.717, 1.165) is 27.9 Å². The number of hydrogen-bond donors (Lipinski definition) is 2. The molecule has 3 aromatic rings. The van der Waals surface area contributed by atoms with Gasteiger partial charge in [-0.2, -0.15) is 0 Å². The van der Waals surface area contributed by atoms with Gasteiger partial charge >= 0.3 is 5.97 Å². The van der Waals surface area contributed by atoms with Crippen molar-refractivity contribution in [2.24, 2.45) is 0 Å². The zero-order valence-corrected chi connectivity index (χ0v) is 12.1. The van der Waals surface area contributed by atoms with Crippen LogP contribution in [0.1, 0.15) is 16.1 Å². The van der Waals surface area contributed by atoms with Gasteiger partial charge in [-0.15, -0.1) is 0 Å². The lowest BCUT2D eigenvalue weighted by molar-refractivity contribution is 0.0595. The summed E-state index contributed by atoms with van der Waals surface area (Å²) in [7, 11) is 1.36. The molecule has 0 aliphatic rings. The van der Waals surface area contributed by atoms with Gasteiger partial charge in [0.15, 0.2) is 0 Å². The number of nitrogens with two attached hydrogens (primary N) is 1. The van der Waals surface area contributed by atoms with Crippen LogP contribution in [0.3, 0.4) is 0 Å². The number of benzene rings is 2. The van der Waals surface area contributed by atoms with Gasteiger partial charge in [0, 0.05) is 22.7 Å². The number of methoxy groups -OCH3 is 1. The number of ether oxygens (including phenoxy) is 2. The normalized spacial score (nSPS) is 10.6. The highest BCUT2D eigenvalue weighted by atomic mass is 16.5. The molecule has 0 spiro atoms. The van der Waals surface area contributed by atoms with Crippen LogP contribution in [0.2, 0.25) is 0 Å². The van der Waals surface area contributed by atoms with Crippen LogP contribution in [0.4, 0.5) is 5.69 Å². The number of anilines is 1. The molecule has 0 aliphatic carbocycles. The van der Waals surface area contributed by atoms with E-state index < -0.39 is 0 Å². The summed E-state index contributed by atoms with van der Waals surface area (Å²) in [6, 6.07) is 14.9. The van der Waals surface area contributed by atoms with Crippen molar-refractivity contribution in [3.05, 3.63) is 59.8 Å². The fraction of sp³-hybridized carbons (Fsp3) is 0.118. The number of carbonyl (C=O) groups is 1. The van der Waals surface area contributed by atoms with Crippen molar-refractivity contribution in [1.29, 1.82) is 0 Å². The number of carbonyl (C=O) groups excluding carboxylic acids is 1. The fourth-order valence-electron chi connectivity index (χ4n) is 2.20. The molecule has 5 heteroatoms. The first-order chi connectivity index (χ1) is 10.7. The molecule has 2 aromatic carbocycles. The second-order valence-corrected chi connectivity index (χ2v) is 4.95. The average molecular weight is 296 g/mol. The lowest BCUT2D eigenvalue weighted by Crippen LogP contribution is -2.00. The summed E-state index contributed by atoms with van der Waals surface area (Å²) >= 11 is 0. The molecule has 0 aliphatic heterocycles. The summed E-state index contributed by atoms with van der Waals surface area (Å²) in [4.78, 5) is 14.5. The van der Waals surface area contributed by atoms with E-state index in [1.807, 2.05) is 42.5 Å². The first-order valence-electron chi connectivity index (χ1n) is 6.84. The molecule has 112 valence electrons. The number of H-pyrrole nitrogens is 1. The molecule has 0 radical (unpaired) electrons. The van der Waals surface area contributed by atoms with Crippen molar-refractivity contribution in [1.82, 2.24) is 4.98 Å². The van der Waals surface area contributed by atoms with Crippen molar-refractivity contribution in [3.63, 3.8) is 0 Å². The van der Waals surface area contributed by atoms with E-state index in [0.29, 0.717) is 12.3 Å². The third-order valence-electron chi connectivity index (χ3n) is 3.38. The molecule has 0 atom stereocenters. The first-order valence-corrected chi connectivity index (χ1v) is 6.84. The number of fused-ring (bicyclic) bond motifs is 1. The second-order valence-electron chi connectivity index (χ2n) is 4.95. The standard InChI is InChI=1S/C17H16N2O3/c1-21-17(20)16-8-12-4-7-14(9-15(12)19-16)22-10-11-2-5-13(18)6-3-11/h2-9,19H,10,18H2,1H3. The summed E-state index contributed by atoms with van der Waals surface area (Å²) in [5, 5.41) is 0.931. The molecule has 22 heavy (non-hydrogen) atoms. The number of hydrogen-bond acceptors (Lipinski definition) is 4. The summed E-state index contributed by atoms with van der Waals surface area (Å²) < 4.78 is 10.5. The number of nitrogen functional groups attached to an aromatic ring is 1. The minimum atomic E-state index is -0.388. The lowest BCUT2D eigenvalue weighted by atomic mass is 10.2. The van der Waals surface area contributed by atoms with Gasteiger partial charge in [0.05, 0.1) is 7.11 Å². The lowest BCUT2D eigenvalue weighted by Gasteiger charge is -2.06. The molecule has 1 heterocycles. The first kappa shape index (κ1) is 14.0. The predicted molar refractivity (Wildman–Crippen MR) is 84.8 cm³/mol. The molecule has 5 nitrogen and oxygen atoms in total. The molecule has 0 fully saturated rings. The maximum absolute atomic E-state index is 11.5. The SMILES string of the molecule is COC(=O)c1cc2ccc(OCc3ccc(N)cc3)cc2[nH]1. The van der Waals surface area contributed by atoms with Crippen LogP contribution in [-0.4, -0.2) is 18.1 Å². The predicted octanol–water partition coefficient (Wildman–Crippen LogP) is 3.12. The Kier molecular flexibility index (Phi) is 3.70. The molecular weight excluding hydrogens is 280 g/mol. The number of esters is 1. The van der Waals surface area contributed by atoms with Crippen molar-refractivity contribution in [2.45, 2.75) is 6.61 Å². The van der Waals surface area contributed by atoms with Crippen LogP contribution in [0.25, 0.3) is 10.9 Å². The van der Waals surface area contributed by atoms with Gasteiger partial charge in [0.25, 0.3) is 0 Å². The maximum atomic E-state index is 11.5. The zero-order chi connectivity index (χ0) is 15.5. The summed E-state index contributed by atoms with van der Waals surface area (Å²) in [6.45, 7) is 0.455. The Morgan fingerprint density at radius 3 is 2.64 bits per heavy atom. The summed E-state index contributed by atoms with van der Waals surface area (Å²) in [5.41, 5.74) is 8.67. The van der Waals surface area contributed by atoms with Gasteiger partial charge in [-0.25, -0.2) is 4.79 Å². The Bertz CT molecular complexity index is 806. The molecule has 0 bridgehead atoms.